The third-order valence-electron chi connectivity index (χ3n) is 6.34. The molecule has 0 atom stereocenters. The van der Waals surface area contributed by atoms with Crippen molar-refractivity contribution in [1.82, 2.24) is 10.2 Å². The number of hydrogen-bond acceptors (Lipinski definition) is 7. The van der Waals surface area contributed by atoms with Crippen molar-refractivity contribution in [3.63, 3.8) is 0 Å². The molecule has 7 heteroatoms. The molecular formula is C34H26N2O5. The molecular weight excluding hydrogens is 516 g/mol. The molecule has 0 aliphatic rings. The standard InChI is InChI=1S/C34H26N2O5/c1-39-33(37)27-17-13-25(14-18-27)29(21-23-9-5-3-6-10-23)31-35-36-32(41-31)30(22-24-11-7-4-8-12-24)26-15-19-28(20-16-26)34(38)40-2/h3-22H,1-2H3. The number of nitrogens with zero attached hydrogens (tertiary/aromatic N) is 2. The minimum absolute atomic E-state index is 0.305. The van der Waals surface area contributed by atoms with Crippen LogP contribution in [0.2, 0.25) is 0 Å². The van der Waals surface area contributed by atoms with Gasteiger partial charge in [-0.15, -0.1) is 10.2 Å². The molecule has 1 heterocycles. The van der Waals surface area contributed by atoms with Crippen molar-refractivity contribution in [1.29, 1.82) is 0 Å². The fourth-order valence-electron chi connectivity index (χ4n) is 4.22. The second-order valence-electron chi connectivity index (χ2n) is 8.99. The molecule has 0 N–H and O–H groups in total. The van der Waals surface area contributed by atoms with Gasteiger partial charge in [0.05, 0.1) is 25.3 Å². The van der Waals surface area contributed by atoms with Gasteiger partial charge in [0.25, 0.3) is 0 Å². The highest BCUT2D eigenvalue weighted by molar-refractivity contribution is 5.94. The van der Waals surface area contributed by atoms with Gasteiger partial charge in [0.15, 0.2) is 0 Å². The maximum Gasteiger partial charge on any atom is 0.337 e. The molecule has 0 spiro atoms. The van der Waals surface area contributed by atoms with Gasteiger partial charge < -0.3 is 13.9 Å². The largest absolute Gasteiger partial charge is 0.465 e. The Bertz CT molecular complexity index is 1580. The third-order valence-corrected chi connectivity index (χ3v) is 6.34. The summed E-state index contributed by atoms with van der Waals surface area (Å²) in [5, 5.41) is 8.84. The van der Waals surface area contributed by atoms with E-state index in [-0.39, 0.29) is 0 Å². The van der Waals surface area contributed by atoms with Crippen LogP contribution in [0.15, 0.2) is 114 Å². The van der Waals surface area contributed by atoms with Crippen LogP contribution < -0.4 is 0 Å². The number of aromatic nitrogens is 2. The highest BCUT2D eigenvalue weighted by atomic mass is 16.5. The molecule has 7 nitrogen and oxygen atoms in total. The molecule has 0 saturated heterocycles. The summed E-state index contributed by atoms with van der Waals surface area (Å²) in [6.07, 6.45) is 3.91. The van der Waals surface area contributed by atoms with Gasteiger partial charge in [-0.2, -0.15) is 0 Å². The Balaban J connectivity index is 1.59. The van der Waals surface area contributed by atoms with Gasteiger partial charge >= 0.3 is 11.9 Å². The monoisotopic (exact) mass is 542 g/mol. The van der Waals surface area contributed by atoms with Crippen molar-refractivity contribution in [2.45, 2.75) is 0 Å². The Morgan fingerprint density at radius 2 is 0.878 bits per heavy atom. The van der Waals surface area contributed by atoms with Crippen molar-refractivity contribution in [2.24, 2.45) is 0 Å². The van der Waals surface area contributed by atoms with Crippen LogP contribution in [0.5, 0.6) is 0 Å². The highest BCUT2D eigenvalue weighted by Crippen LogP contribution is 2.31. The fourth-order valence-corrected chi connectivity index (χ4v) is 4.22. The zero-order valence-electron chi connectivity index (χ0n) is 22.5. The van der Waals surface area contributed by atoms with Gasteiger partial charge in [0, 0.05) is 11.1 Å². The molecule has 0 unspecified atom stereocenters. The van der Waals surface area contributed by atoms with Crippen LogP contribution in [0.3, 0.4) is 0 Å². The summed E-state index contributed by atoms with van der Waals surface area (Å²) in [6.45, 7) is 0. The minimum Gasteiger partial charge on any atom is -0.465 e. The van der Waals surface area contributed by atoms with Gasteiger partial charge in [-0.3, -0.25) is 0 Å². The number of carbonyl (C=O) groups excluding carboxylic acids is 2. The smallest absolute Gasteiger partial charge is 0.337 e. The molecule has 5 rings (SSSR count). The first-order valence-electron chi connectivity index (χ1n) is 12.8. The highest BCUT2D eigenvalue weighted by Gasteiger charge is 2.19. The molecule has 0 fully saturated rings. The van der Waals surface area contributed by atoms with Gasteiger partial charge in [-0.25, -0.2) is 9.59 Å². The molecule has 4 aromatic carbocycles. The van der Waals surface area contributed by atoms with E-state index in [2.05, 4.69) is 10.2 Å². The number of esters is 2. The molecule has 0 amide bonds. The summed E-state index contributed by atoms with van der Waals surface area (Å²) in [6, 6.07) is 33.6. The average Bonchev–Trinajstić information content (AvgIpc) is 3.52. The Hall–Kier alpha value is -5.56. The zero-order valence-corrected chi connectivity index (χ0v) is 22.5. The molecule has 5 aromatic rings. The fraction of sp³-hybridized carbons (Fsp3) is 0.0588. The molecule has 202 valence electrons. The van der Waals surface area contributed by atoms with E-state index in [1.165, 1.54) is 14.2 Å². The van der Waals surface area contributed by atoms with Gasteiger partial charge in [0.1, 0.15) is 0 Å². The Kier molecular flexibility index (Phi) is 8.26. The molecule has 0 saturated carbocycles. The first-order valence-corrected chi connectivity index (χ1v) is 12.8. The van der Waals surface area contributed by atoms with E-state index in [0.29, 0.717) is 34.1 Å². The lowest BCUT2D eigenvalue weighted by atomic mass is 10.0. The van der Waals surface area contributed by atoms with Gasteiger partial charge in [-0.1, -0.05) is 84.9 Å². The lowest BCUT2D eigenvalue weighted by Crippen LogP contribution is -2.01. The van der Waals surface area contributed by atoms with Crippen molar-refractivity contribution in [3.05, 3.63) is 154 Å². The summed E-state index contributed by atoms with van der Waals surface area (Å²) < 4.78 is 16.0. The summed E-state index contributed by atoms with van der Waals surface area (Å²) in [5.74, 6) is -0.224. The van der Waals surface area contributed by atoms with Crippen molar-refractivity contribution >= 4 is 35.2 Å². The number of ether oxygens (including phenoxy) is 2. The predicted octanol–water partition coefficient (Wildman–Crippen LogP) is 6.82. The topological polar surface area (TPSA) is 91.5 Å². The van der Waals surface area contributed by atoms with E-state index in [1.807, 2.05) is 97.1 Å². The van der Waals surface area contributed by atoms with Crippen LogP contribution in [0.1, 0.15) is 54.8 Å². The van der Waals surface area contributed by atoms with E-state index >= 15 is 0 Å². The molecule has 0 bridgehead atoms. The summed E-state index contributed by atoms with van der Waals surface area (Å²) >= 11 is 0. The first-order chi connectivity index (χ1) is 20.1. The number of benzene rings is 4. The van der Waals surface area contributed by atoms with Crippen LogP contribution in [0, 0.1) is 0 Å². The van der Waals surface area contributed by atoms with E-state index in [0.717, 1.165) is 22.3 Å². The van der Waals surface area contributed by atoms with Crippen LogP contribution in [-0.4, -0.2) is 36.4 Å². The maximum absolute atomic E-state index is 12.0. The first kappa shape index (κ1) is 27.0. The SMILES string of the molecule is COC(=O)c1ccc(C(=Cc2ccccc2)c2nnc(C(=Cc3ccccc3)c3ccc(C(=O)OC)cc3)o2)cc1. The number of carbonyl (C=O) groups is 2. The van der Waals surface area contributed by atoms with Crippen LogP contribution in [-0.2, 0) is 9.47 Å². The molecule has 1 aromatic heterocycles. The predicted molar refractivity (Wildman–Crippen MR) is 157 cm³/mol. The maximum atomic E-state index is 12.0. The van der Waals surface area contributed by atoms with Crippen molar-refractivity contribution in [2.75, 3.05) is 14.2 Å². The summed E-state index contributed by atoms with van der Waals surface area (Å²) in [5.41, 5.74) is 5.70. The molecule has 41 heavy (non-hydrogen) atoms. The normalized spacial score (nSPS) is 11.7. The van der Waals surface area contributed by atoms with Crippen LogP contribution in [0.25, 0.3) is 23.3 Å². The van der Waals surface area contributed by atoms with E-state index < -0.39 is 11.9 Å². The lowest BCUT2D eigenvalue weighted by molar-refractivity contribution is 0.0592. The average molecular weight is 543 g/mol. The summed E-state index contributed by atoms with van der Waals surface area (Å²) in [7, 11) is 2.70. The van der Waals surface area contributed by atoms with E-state index in [4.69, 9.17) is 13.9 Å². The van der Waals surface area contributed by atoms with E-state index in [1.54, 1.807) is 24.3 Å². The van der Waals surface area contributed by atoms with Crippen LogP contribution in [0.4, 0.5) is 0 Å². The molecule has 0 aliphatic carbocycles. The van der Waals surface area contributed by atoms with Gasteiger partial charge in [0.2, 0.25) is 11.8 Å². The number of methoxy groups -OCH3 is 2. The summed E-state index contributed by atoms with van der Waals surface area (Å²) in [4.78, 5) is 24.0. The number of rotatable bonds is 8. The molecule has 0 aliphatic heterocycles. The van der Waals surface area contributed by atoms with Crippen molar-refractivity contribution < 1.29 is 23.5 Å². The lowest BCUT2D eigenvalue weighted by Gasteiger charge is -2.07. The number of hydrogen-bond donors (Lipinski definition) is 0. The van der Waals surface area contributed by atoms with Crippen molar-refractivity contribution in [3.8, 4) is 0 Å². The second-order valence-corrected chi connectivity index (χ2v) is 8.99. The minimum atomic E-state index is -0.417. The Labute approximate surface area is 237 Å². The third kappa shape index (κ3) is 6.37. The molecule has 0 radical (unpaired) electrons. The Morgan fingerprint density at radius 3 is 1.22 bits per heavy atom. The quantitative estimate of drug-likeness (QED) is 0.157. The zero-order chi connectivity index (χ0) is 28.6. The van der Waals surface area contributed by atoms with E-state index in [9.17, 15) is 9.59 Å². The second kappa shape index (κ2) is 12.5. The Morgan fingerprint density at radius 1 is 0.537 bits per heavy atom. The van der Waals surface area contributed by atoms with Crippen LogP contribution >= 0.6 is 0 Å². The van der Waals surface area contributed by atoms with Gasteiger partial charge in [-0.05, 0) is 58.7 Å².